The van der Waals surface area contributed by atoms with Crippen LogP contribution in [0.5, 0.6) is 0 Å². The monoisotopic (exact) mass is 406 g/mol. The van der Waals surface area contributed by atoms with Crippen molar-refractivity contribution in [3.05, 3.63) is 36.5 Å². The maximum atomic E-state index is 12.4. The molecule has 4 amide bonds. The van der Waals surface area contributed by atoms with Gasteiger partial charge in [-0.1, -0.05) is 19.7 Å². The molecule has 0 aromatic heterocycles. The summed E-state index contributed by atoms with van der Waals surface area (Å²) in [6, 6.07) is 0. The fourth-order valence-corrected chi connectivity index (χ4v) is 2.46. The summed E-state index contributed by atoms with van der Waals surface area (Å²) in [5, 5.41) is 5.30. The van der Waals surface area contributed by atoms with E-state index >= 15 is 0 Å². The number of carbonyl (C=O) groups excluding carboxylic acids is 4. The van der Waals surface area contributed by atoms with Gasteiger partial charge in [-0.25, -0.2) is 0 Å². The Bertz CT molecular complexity index is 643. The average Bonchev–Trinajstić information content (AvgIpc) is 2.67. The minimum absolute atomic E-state index is 0.187. The summed E-state index contributed by atoms with van der Waals surface area (Å²) < 4.78 is 0. The lowest BCUT2D eigenvalue weighted by atomic mass is 10.2. The van der Waals surface area contributed by atoms with E-state index in [1.54, 1.807) is 30.6 Å². The first-order valence-electron chi connectivity index (χ1n) is 9.62. The molecule has 0 atom stereocenters. The van der Waals surface area contributed by atoms with Crippen LogP contribution in [0.2, 0.25) is 0 Å². The zero-order chi connectivity index (χ0) is 22.4. The van der Waals surface area contributed by atoms with E-state index in [4.69, 9.17) is 0 Å². The Labute approximate surface area is 173 Å². The van der Waals surface area contributed by atoms with E-state index in [1.165, 1.54) is 0 Å². The van der Waals surface area contributed by atoms with E-state index in [0.29, 0.717) is 75.2 Å². The van der Waals surface area contributed by atoms with Crippen LogP contribution in [0.15, 0.2) is 36.5 Å². The highest BCUT2D eigenvalue weighted by atomic mass is 16.2. The first kappa shape index (κ1) is 26.1. The molecule has 8 nitrogen and oxygen atoms in total. The Hall–Kier alpha value is -2.90. The smallest absolute Gasteiger partial charge is 0.248 e. The first-order valence-corrected chi connectivity index (χ1v) is 9.62. The Morgan fingerprint density at radius 1 is 0.759 bits per heavy atom. The molecule has 0 unspecified atom stereocenters. The molecule has 0 rings (SSSR count). The molecule has 0 fully saturated rings. The van der Waals surface area contributed by atoms with Crippen LogP contribution < -0.4 is 10.6 Å². The van der Waals surface area contributed by atoms with Gasteiger partial charge in [-0.15, -0.1) is 0 Å². The molecular formula is C21H34N4O4. The van der Waals surface area contributed by atoms with Crippen LogP contribution in [0.3, 0.4) is 0 Å². The SMILES string of the molecule is C=C(C)C(=O)NCCCN(CCN(CCCNC=O)C(=O)C(=C)C)C(=O)C(=C)C. The summed E-state index contributed by atoms with van der Waals surface area (Å²) in [5.41, 5.74) is 1.25. The van der Waals surface area contributed by atoms with Gasteiger partial charge in [0.1, 0.15) is 0 Å². The van der Waals surface area contributed by atoms with Crippen molar-refractivity contribution >= 4 is 24.1 Å². The van der Waals surface area contributed by atoms with Crippen molar-refractivity contribution in [1.82, 2.24) is 20.4 Å². The van der Waals surface area contributed by atoms with Gasteiger partial charge in [0.2, 0.25) is 24.1 Å². The van der Waals surface area contributed by atoms with Crippen molar-refractivity contribution in [3.63, 3.8) is 0 Å². The molecule has 0 aliphatic heterocycles. The van der Waals surface area contributed by atoms with Gasteiger partial charge in [-0.2, -0.15) is 0 Å². The van der Waals surface area contributed by atoms with Crippen molar-refractivity contribution in [3.8, 4) is 0 Å². The van der Waals surface area contributed by atoms with Crippen LogP contribution in [0, 0.1) is 0 Å². The molecule has 0 heterocycles. The molecule has 162 valence electrons. The summed E-state index contributed by atoms with van der Waals surface area (Å²) in [7, 11) is 0. The standard InChI is InChI=1S/C21H34N4O4/c1-16(2)19(27)23-10-8-12-25(21(29)18(5)6)14-13-24(20(28)17(3)4)11-7-9-22-15-26/h15H,1,3,5,7-14H2,2,4,6H3,(H,22,26)(H,23,27). The Morgan fingerprint density at radius 2 is 1.21 bits per heavy atom. The van der Waals surface area contributed by atoms with Crippen LogP contribution in [0.1, 0.15) is 33.6 Å². The third-order valence-corrected chi connectivity index (χ3v) is 4.05. The molecule has 0 bridgehead atoms. The molecule has 0 spiro atoms. The molecule has 0 aliphatic rings. The molecule has 0 saturated carbocycles. The van der Waals surface area contributed by atoms with Gasteiger partial charge < -0.3 is 20.4 Å². The second-order valence-electron chi connectivity index (χ2n) is 6.96. The number of hydrogen-bond acceptors (Lipinski definition) is 4. The number of nitrogens with zero attached hydrogens (tertiary/aromatic N) is 2. The Kier molecular flexibility index (Phi) is 12.7. The van der Waals surface area contributed by atoms with Crippen molar-refractivity contribution < 1.29 is 19.2 Å². The lowest BCUT2D eigenvalue weighted by Gasteiger charge is -2.28. The molecule has 0 aliphatic carbocycles. The topological polar surface area (TPSA) is 98.8 Å². The fourth-order valence-electron chi connectivity index (χ4n) is 2.46. The van der Waals surface area contributed by atoms with Crippen LogP contribution in [-0.2, 0) is 19.2 Å². The third kappa shape index (κ3) is 10.9. The maximum absolute atomic E-state index is 12.4. The summed E-state index contributed by atoms with van der Waals surface area (Å²) in [4.78, 5) is 50.0. The van der Waals surface area contributed by atoms with Crippen molar-refractivity contribution in [2.75, 3.05) is 39.3 Å². The van der Waals surface area contributed by atoms with Gasteiger partial charge in [-0.3, -0.25) is 19.2 Å². The normalized spacial score (nSPS) is 9.90. The van der Waals surface area contributed by atoms with Crippen molar-refractivity contribution in [2.45, 2.75) is 33.6 Å². The van der Waals surface area contributed by atoms with Crippen LogP contribution in [0.4, 0.5) is 0 Å². The minimum Gasteiger partial charge on any atom is -0.359 e. The van der Waals surface area contributed by atoms with E-state index in [-0.39, 0.29) is 17.7 Å². The quantitative estimate of drug-likeness (QED) is 0.241. The van der Waals surface area contributed by atoms with E-state index in [0.717, 1.165) is 0 Å². The minimum atomic E-state index is -0.218. The first-order chi connectivity index (χ1) is 13.6. The average molecular weight is 407 g/mol. The molecule has 2 N–H and O–H groups in total. The van der Waals surface area contributed by atoms with Gasteiger partial charge in [0, 0.05) is 56.0 Å². The third-order valence-electron chi connectivity index (χ3n) is 4.05. The van der Waals surface area contributed by atoms with Gasteiger partial charge >= 0.3 is 0 Å². The van der Waals surface area contributed by atoms with Gasteiger partial charge in [0.15, 0.2) is 0 Å². The molecular weight excluding hydrogens is 372 g/mol. The molecule has 0 aromatic carbocycles. The van der Waals surface area contributed by atoms with E-state index in [1.807, 2.05) is 0 Å². The highest BCUT2D eigenvalue weighted by molar-refractivity contribution is 5.93. The summed E-state index contributed by atoms with van der Waals surface area (Å²) in [6.45, 7) is 18.3. The van der Waals surface area contributed by atoms with E-state index in [9.17, 15) is 19.2 Å². The Morgan fingerprint density at radius 3 is 1.59 bits per heavy atom. The lowest BCUT2D eigenvalue weighted by Crippen LogP contribution is -2.43. The van der Waals surface area contributed by atoms with E-state index in [2.05, 4.69) is 30.4 Å². The van der Waals surface area contributed by atoms with Gasteiger partial charge in [0.05, 0.1) is 0 Å². The summed E-state index contributed by atoms with van der Waals surface area (Å²) >= 11 is 0. The predicted molar refractivity (Wildman–Crippen MR) is 114 cm³/mol. The number of hydrogen-bond donors (Lipinski definition) is 2. The zero-order valence-corrected chi connectivity index (χ0v) is 17.9. The molecule has 8 heteroatoms. The molecule has 0 aromatic rings. The lowest BCUT2D eigenvalue weighted by molar-refractivity contribution is -0.131. The predicted octanol–water partition coefficient (Wildman–Crippen LogP) is 1.01. The highest BCUT2D eigenvalue weighted by Crippen LogP contribution is 2.05. The molecule has 0 radical (unpaired) electrons. The van der Waals surface area contributed by atoms with E-state index < -0.39 is 0 Å². The fraction of sp³-hybridized carbons (Fsp3) is 0.524. The second kappa shape index (κ2) is 14.1. The number of carbonyl (C=O) groups is 4. The summed E-state index contributed by atoms with van der Waals surface area (Å²) in [6.07, 6.45) is 1.78. The second-order valence-corrected chi connectivity index (χ2v) is 6.96. The maximum Gasteiger partial charge on any atom is 0.248 e. The number of nitrogens with one attached hydrogen (secondary N) is 2. The largest absolute Gasteiger partial charge is 0.359 e. The number of rotatable bonds is 15. The number of amides is 4. The van der Waals surface area contributed by atoms with Gasteiger partial charge in [0.25, 0.3) is 0 Å². The molecule has 0 saturated heterocycles. The summed E-state index contributed by atoms with van der Waals surface area (Å²) in [5.74, 6) is -0.598. The molecule has 29 heavy (non-hydrogen) atoms. The van der Waals surface area contributed by atoms with Gasteiger partial charge in [-0.05, 0) is 33.6 Å². The van der Waals surface area contributed by atoms with Crippen molar-refractivity contribution in [2.24, 2.45) is 0 Å². The van der Waals surface area contributed by atoms with Crippen LogP contribution in [-0.4, -0.2) is 73.2 Å². The highest BCUT2D eigenvalue weighted by Gasteiger charge is 2.18. The Balaban J connectivity index is 4.87. The zero-order valence-electron chi connectivity index (χ0n) is 17.9. The van der Waals surface area contributed by atoms with Crippen molar-refractivity contribution in [1.29, 1.82) is 0 Å². The van der Waals surface area contributed by atoms with Crippen LogP contribution >= 0.6 is 0 Å². The van der Waals surface area contributed by atoms with Crippen LogP contribution in [0.25, 0.3) is 0 Å².